The van der Waals surface area contributed by atoms with E-state index in [1.54, 1.807) is 37.4 Å². The van der Waals surface area contributed by atoms with Gasteiger partial charge in [0, 0.05) is 39.1 Å². The number of nitrogens with zero attached hydrogens (tertiary/aromatic N) is 5. The van der Waals surface area contributed by atoms with Crippen LogP contribution in [0.25, 0.3) is 5.69 Å². The number of rotatable bonds is 12. The molecule has 12 nitrogen and oxygen atoms in total. The second-order valence-electron chi connectivity index (χ2n) is 12.8. The number of carbonyl (C=O) groups excluding carboxylic acids is 3. The van der Waals surface area contributed by atoms with Crippen LogP contribution in [0.2, 0.25) is 0 Å². The first-order chi connectivity index (χ1) is 25.8. The van der Waals surface area contributed by atoms with E-state index < -0.39 is 17.9 Å². The molecule has 2 N–H and O–H groups in total. The monoisotopic (exact) mass is 719 g/mol. The molecule has 53 heavy (non-hydrogen) atoms. The zero-order valence-electron chi connectivity index (χ0n) is 29.7. The van der Waals surface area contributed by atoms with E-state index >= 15 is 0 Å². The fourth-order valence-electron chi connectivity index (χ4n) is 6.25. The Morgan fingerprint density at radius 1 is 0.849 bits per heavy atom. The molecule has 1 aliphatic heterocycles. The predicted molar refractivity (Wildman–Crippen MR) is 196 cm³/mol. The number of halogens is 1. The molecule has 3 amide bonds. The summed E-state index contributed by atoms with van der Waals surface area (Å²) in [5, 5.41) is 14.1. The minimum Gasteiger partial charge on any atom is -0.497 e. The lowest BCUT2D eigenvalue weighted by molar-refractivity contribution is -0.137. The van der Waals surface area contributed by atoms with Crippen LogP contribution in [-0.4, -0.2) is 82.4 Å². The summed E-state index contributed by atoms with van der Waals surface area (Å²) in [6.07, 6.45) is 1.75. The Kier molecular flexibility index (Phi) is 12.1. The summed E-state index contributed by atoms with van der Waals surface area (Å²) in [6.45, 7) is 1.75. The lowest BCUT2D eigenvalue weighted by Crippen LogP contribution is -2.52. The third kappa shape index (κ3) is 10.0. The zero-order valence-corrected chi connectivity index (χ0v) is 29.7. The van der Waals surface area contributed by atoms with Crippen LogP contribution >= 0.6 is 0 Å². The van der Waals surface area contributed by atoms with E-state index in [2.05, 4.69) is 25.8 Å². The number of hydrogen-bond donors (Lipinski definition) is 2. The van der Waals surface area contributed by atoms with Gasteiger partial charge in [-0.15, -0.1) is 5.10 Å². The van der Waals surface area contributed by atoms with Crippen LogP contribution in [0.15, 0.2) is 103 Å². The lowest BCUT2D eigenvalue weighted by atomic mass is 10.0. The molecular weight excluding hydrogens is 677 g/mol. The van der Waals surface area contributed by atoms with E-state index in [4.69, 9.17) is 9.47 Å². The molecule has 274 valence electrons. The molecule has 0 fully saturated rings. The van der Waals surface area contributed by atoms with E-state index in [0.29, 0.717) is 31.0 Å². The van der Waals surface area contributed by atoms with Crippen molar-refractivity contribution in [2.24, 2.45) is 0 Å². The highest BCUT2D eigenvalue weighted by molar-refractivity contribution is 5.91. The van der Waals surface area contributed by atoms with E-state index in [-0.39, 0.29) is 44.2 Å². The molecule has 0 saturated carbocycles. The number of aromatic nitrogens is 3. The molecule has 0 radical (unpaired) electrons. The SMILES string of the molecule is COc1cccc(CN(CCN2CC(=O)N[C@H](Cc3cn(-c4ccc(F)cc4)nn3)C(=O)NCc3ccccc3CC2=O)Cc2cccc(OC)c2)c1. The number of fused-ring (bicyclic) bond motifs is 1. The number of methoxy groups -OCH3 is 2. The van der Waals surface area contributed by atoms with E-state index in [1.807, 2.05) is 72.8 Å². The van der Waals surface area contributed by atoms with Crippen LogP contribution in [0, 0.1) is 5.82 Å². The first-order valence-electron chi connectivity index (χ1n) is 17.3. The van der Waals surface area contributed by atoms with Gasteiger partial charge in [0.15, 0.2) is 0 Å². The molecule has 1 atom stereocenters. The van der Waals surface area contributed by atoms with Gasteiger partial charge in [0.1, 0.15) is 23.4 Å². The number of nitrogens with one attached hydrogen (secondary N) is 2. The van der Waals surface area contributed by atoms with Crippen molar-refractivity contribution in [2.45, 2.75) is 38.5 Å². The second kappa shape index (κ2) is 17.4. The average Bonchev–Trinajstić information content (AvgIpc) is 3.64. The summed E-state index contributed by atoms with van der Waals surface area (Å²) in [4.78, 5) is 45.0. The summed E-state index contributed by atoms with van der Waals surface area (Å²) < 4.78 is 25.9. The summed E-state index contributed by atoms with van der Waals surface area (Å²) >= 11 is 0. The largest absolute Gasteiger partial charge is 0.497 e. The summed E-state index contributed by atoms with van der Waals surface area (Å²) in [5.74, 6) is 0.0253. The number of ether oxygens (including phenoxy) is 2. The van der Waals surface area contributed by atoms with Crippen molar-refractivity contribution >= 4 is 17.7 Å². The fraction of sp³-hybridized carbons (Fsp3) is 0.275. The molecule has 0 spiro atoms. The Labute approximate surface area is 307 Å². The van der Waals surface area contributed by atoms with E-state index in [0.717, 1.165) is 33.8 Å². The molecule has 4 aromatic carbocycles. The van der Waals surface area contributed by atoms with Gasteiger partial charge in [-0.25, -0.2) is 9.07 Å². The van der Waals surface area contributed by atoms with Gasteiger partial charge in [-0.1, -0.05) is 53.7 Å². The Hall–Kier alpha value is -6.08. The van der Waals surface area contributed by atoms with Crippen molar-refractivity contribution in [3.05, 3.63) is 137 Å². The molecule has 1 aliphatic rings. The summed E-state index contributed by atoms with van der Waals surface area (Å²) in [5.41, 5.74) is 4.68. The summed E-state index contributed by atoms with van der Waals surface area (Å²) in [7, 11) is 3.26. The molecule has 6 rings (SSSR count). The first-order valence-corrected chi connectivity index (χ1v) is 17.3. The molecule has 0 bridgehead atoms. The second-order valence-corrected chi connectivity index (χ2v) is 12.8. The van der Waals surface area contributed by atoms with Gasteiger partial charge in [-0.05, 0) is 70.8 Å². The smallest absolute Gasteiger partial charge is 0.243 e. The van der Waals surface area contributed by atoms with E-state index in [1.165, 1.54) is 16.8 Å². The maximum Gasteiger partial charge on any atom is 0.243 e. The molecule has 2 heterocycles. The number of hydrogen-bond acceptors (Lipinski definition) is 8. The fourth-order valence-corrected chi connectivity index (χ4v) is 6.25. The van der Waals surface area contributed by atoms with Gasteiger partial charge in [-0.3, -0.25) is 19.3 Å². The van der Waals surface area contributed by atoms with Crippen LogP contribution in [0.1, 0.15) is 27.9 Å². The van der Waals surface area contributed by atoms with Gasteiger partial charge >= 0.3 is 0 Å². The molecule has 0 saturated heterocycles. The quantitative estimate of drug-likeness (QED) is 0.199. The highest BCUT2D eigenvalue weighted by Gasteiger charge is 2.27. The number of benzene rings is 4. The van der Waals surface area contributed by atoms with Gasteiger partial charge in [0.25, 0.3) is 0 Å². The number of amides is 3. The average molecular weight is 720 g/mol. The molecule has 0 aliphatic carbocycles. The van der Waals surface area contributed by atoms with Gasteiger partial charge in [0.05, 0.1) is 44.8 Å². The highest BCUT2D eigenvalue weighted by atomic mass is 19.1. The molecule has 1 aromatic heterocycles. The van der Waals surface area contributed by atoms with Crippen molar-refractivity contribution in [2.75, 3.05) is 33.9 Å². The number of carbonyl (C=O) groups is 3. The van der Waals surface area contributed by atoms with Crippen LogP contribution in [0.3, 0.4) is 0 Å². The van der Waals surface area contributed by atoms with Crippen molar-refractivity contribution in [3.63, 3.8) is 0 Å². The molecule has 13 heteroatoms. The van der Waals surface area contributed by atoms with Gasteiger partial charge < -0.3 is 25.0 Å². The van der Waals surface area contributed by atoms with Crippen LogP contribution in [0.4, 0.5) is 4.39 Å². The first kappa shape index (κ1) is 36.7. The third-order valence-corrected chi connectivity index (χ3v) is 9.06. The third-order valence-electron chi connectivity index (χ3n) is 9.06. The minimum atomic E-state index is -0.998. The lowest BCUT2D eigenvalue weighted by Gasteiger charge is -2.29. The molecule has 0 unspecified atom stereocenters. The maximum absolute atomic E-state index is 14.0. The standard InChI is InChI=1S/C40H42FN7O5/c1-52-35-11-5-7-28(19-35)24-46(25-29-8-6-12-36(20-29)53-2)17-18-47-27-38(49)43-37(22-33-26-48(45-44-33)34-15-13-32(41)14-16-34)40(51)42-23-31-10-4-3-9-30(31)21-39(47)50/h3-16,19-20,26,37H,17-18,21-25,27H2,1-2H3,(H,42,51)(H,43,49)/t37-/m1/s1. The van der Waals surface area contributed by atoms with Crippen molar-refractivity contribution < 1.29 is 28.2 Å². The predicted octanol–water partition coefficient (Wildman–Crippen LogP) is 3.85. The highest BCUT2D eigenvalue weighted by Crippen LogP contribution is 2.19. The molecular formula is C40H42FN7O5. The molecule has 5 aromatic rings. The Bertz CT molecular complexity index is 1990. The van der Waals surface area contributed by atoms with Crippen LogP contribution < -0.4 is 20.1 Å². The van der Waals surface area contributed by atoms with Gasteiger partial charge in [0.2, 0.25) is 17.7 Å². The van der Waals surface area contributed by atoms with Crippen LogP contribution in [-0.2, 0) is 46.9 Å². The summed E-state index contributed by atoms with van der Waals surface area (Å²) in [6, 6.07) is 27.9. The van der Waals surface area contributed by atoms with Gasteiger partial charge in [-0.2, -0.15) is 0 Å². The zero-order chi connectivity index (χ0) is 37.2. The van der Waals surface area contributed by atoms with Crippen LogP contribution in [0.5, 0.6) is 11.5 Å². The Balaban J connectivity index is 1.23. The van der Waals surface area contributed by atoms with E-state index in [9.17, 15) is 18.8 Å². The van der Waals surface area contributed by atoms with Crippen molar-refractivity contribution in [1.82, 2.24) is 35.4 Å². The Morgan fingerprint density at radius 2 is 1.51 bits per heavy atom. The maximum atomic E-state index is 14.0. The minimum absolute atomic E-state index is 0.0449. The topological polar surface area (TPSA) is 131 Å². The van der Waals surface area contributed by atoms with Crippen molar-refractivity contribution in [3.8, 4) is 17.2 Å². The normalized spacial score (nSPS) is 15.2. The Morgan fingerprint density at radius 3 is 2.17 bits per heavy atom. The van der Waals surface area contributed by atoms with Crippen molar-refractivity contribution in [1.29, 1.82) is 0 Å².